The molecule has 0 saturated heterocycles. The summed E-state index contributed by atoms with van der Waals surface area (Å²) < 4.78 is 7.03. The Labute approximate surface area is 134 Å². The van der Waals surface area contributed by atoms with E-state index in [9.17, 15) is 14.4 Å². The Morgan fingerprint density at radius 3 is 2.86 bits per heavy atom. The molecule has 2 aromatic rings. The molecular formula is C15H15BrN2O4. The number of nitrogens with one attached hydrogen (secondary N) is 1. The van der Waals surface area contributed by atoms with E-state index in [4.69, 9.17) is 4.74 Å². The summed E-state index contributed by atoms with van der Waals surface area (Å²) in [5.74, 6) is -0.346. The van der Waals surface area contributed by atoms with Crippen LogP contribution in [0.4, 0.5) is 0 Å². The summed E-state index contributed by atoms with van der Waals surface area (Å²) in [6.45, 7) is 1.97. The molecule has 1 aliphatic heterocycles. The van der Waals surface area contributed by atoms with Crippen LogP contribution in [0, 0.1) is 5.92 Å². The summed E-state index contributed by atoms with van der Waals surface area (Å²) in [4.78, 5) is 38.6. The number of nitrogens with zero attached hydrogens (tertiary/aromatic N) is 1. The number of hydrogen-bond acceptors (Lipinski definition) is 4. The average Bonchev–Trinajstić information content (AvgIpc) is 2.46. The summed E-state index contributed by atoms with van der Waals surface area (Å²) >= 11 is 3.42. The molecule has 2 atom stereocenters. The number of carbonyl (C=O) groups is 1. The van der Waals surface area contributed by atoms with Crippen molar-refractivity contribution in [3.05, 3.63) is 42.9 Å². The van der Waals surface area contributed by atoms with E-state index in [1.165, 1.54) is 11.7 Å². The number of aromatic amines is 1. The summed E-state index contributed by atoms with van der Waals surface area (Å²) in [6, 6.07) is 3.33. The van der Waals surface area contributed by atoms with E-state index in [0.717, 1.165) is 16.5 Å². The van der Waals surface area contributed by atoms with Gasteiger partial charge in [-0.3, -0.25) is 19.0 Å². The molecule has 7 heteroatoms. The van der Waals surface area contributed by atoms with E-state index in [0.29, 0.717) is 11.0 Å². The lowest BCUT2D eigenvalue weighted by Crippen LogP contribution is -2.43. The Hall–Kier alpha value is -1.89. The number of carbonyl (C=O) groups excluding carboxylic acids is 1. The highest BCUT2D eigenvalue weighted by atomic mass is 79.9. The smallest absolute Gasteiger partial charge is 0.317 e. The summed E-state index contributed by atoms with van der Waals surface area (Å²) in [7, 11) is 1.32. The average molecular weight is 367 g/mol. The lowest BCUT2D eigenvalue weighted by atomic mass is 9.87. The first-order valence-corrected chi connectivity index (χ1v) is 7.75. The predicted molar refractivity (Wildman–Crippen MR) is 85.1 cm³/mol. The molecule has 0 amide bonds. The van der Waals surface area contributed by atoms with Crippen LogP contribution in [0.5, 0.6) is 0 Å². The quantitative estimate of drug-likeness (QED) is 0.648. The van der Waals surface area contributed by atoms with Crippen molar-refractivity contribution < 1.29 is 9.53 Å². The number of esters is 1. The van der Waals surface area contributed by atoms with Gasteiger partial charge in [0.05, 0.1) is 30.6 Å². The second kappa shape index (κ2) is 5.39. The molecule has 116 valence electrons. The van der Waals surface area contributed by atoms with Crippen LogP contribution in [0.3, 0.4) is 0 Å². The molecule has 0 radical (unpaired) electrons. The van der Waals surface area contributed by atoms with Crippen molar-refractivity contribution in [2.24, 2.45) is 5.92 Å². The standard InChI is InChI=1S/C15H15BrN2O4/c1-7-3-8-4-9(16)5-10-13(8)18(15(21)14(20)17-10)11(7)6-12(19)22-2/h4-5,7,11H,3,6H2,1-2H3,(H,17,20)/t7-,11-/m0/s1. The fourth-order valence-electron chi connectivity index (χ4n) is 3.18. The Morgan fingerprint density at radius 2 is 2.18 bits per heavy atom. The van der Waals surface area contributed by atoms with E-state index in [2.05, 4.69) is 20.9 Å². The molecule has 2 heterocycles. The first kappa shape index (κ1) is 15.0. The normalized spacial score (nSPS) is 20.1. The predicted octanol–water partition coefficient (Wildman–Crippen LogP) is 1.75. The molecule has 1 aliphatic rings. The number of ether oxygens (including phenoxy) is 1. The molecule has 0 fully saturated rings. The van der Waals surface area contributed by atoms with Gasteiger partial charge >= 0.3 is 17.1 Å². The molecule has 6 nitrogen and oxygen atoms in total. The van der Waals surface area contributed by atoms with Crippen LogP contribution >= 0.6 is 15.9 Å². The fraction of sp³-hybridized carbons (Fsp3) is 0.400. The minimum atomic E-state index is -0.680. The molecular weight excluding hydrogens is 352 g/mol. The van der Waals surface area contributed by atoms with Crippen molar-refractivity contribution in [3.8, 4) is 0 Å². The zero-order valence-electron chi connectivity index (χ0n) is 12.2. The number of H-pyrrole nitrogens is 1. The number of rotatable bonds is 2. The Balaban J connectivity index is 2.34. The maximum absolute atomic E-state index is 12.4. The molecule has 0 saturated carbocycles. The van der Waals surface area contributed by atoms with E-state index in [1.54, 1.807) is 6.07 Å². The van der Waals surface area contributed by atoms with Gasteiger partial charge < -0.3 is 9.72 Å². The van der Waals surface area contributed by atoms with Crippen LogP contribution in [-0.4, -0.2) is 22.6 Å². The van der Waals surface area contributed by atoms with Gasteiger partial charge in [-0.05, 0) is 30.0 Å². The van der Waals surface area contributed by atoms with Crippen LogP contribution in [0.2, 0.25) is 0 Å². The highest BCUT2D eigenvalue weighted by Crippen LogP contribution is 2.35. The van der Waals surface area contributed by atoms with Crippen molar-refractivity contribution in [2.45, 2.75) is 25.8 Å². The maximum Gasteiger partial charge on any atom is 0.317 e. The Morgan fingerprint density at radius 1 is 1.45 bits per heavy atom. The molecule has 3 rings (SSSR count). The number of methoxy groups -OCH3 is 1. The number of aromatic nitrogens is 2. The van der Waals surface area contributed by atoms with Crippen molar-refractivity contribution in [1.29, 1.82) is 0 Å². The minimum absolute atomic E-state index is 0.0450. The third-order valence-electron chi connectivity index (χ3n) is 4.19. The summed E-state index contributed by atoms with van der Waals surface area (Å²) in [5.41, 5.74) is 0.957. The molecule has 0 aliphatic carbocycles. The van der Waals surface area contributed by atoms with Gasteiger partial charge in [0.2, 0.25) is 0 Å². The second-order valence-electron chi connectivity index (χ2n) is 5.62. The van der Waals surface area contributed by atoms with E-state index < -0.39 is 17.1 Å². The largest absolute Gasteiger partial charge is 0.469 e. The highest BCUT2D eigenvalue weighted by Gasteiger charge is 2.31. The van der Waals surface area contributed by atoms with Crippen LogP contribution in [0.25, 0.3) is 11.0 Å². The van der Waals surface area contributed by atoms with Crippen molar-refractivity contribution in [3.63, 3.8) is 0 Å². The van der Waals surface area contributed by atoms with E-state index in [-0.39, 0.29) is 18.4 Å². The van der Waals surface area contributed by atoms with Crippen LogP contribution < -0.4 is 11.1 Å². The van der Waals surface area contributed by atoms with Crippen LogP contribution in [0.1, 0.15) is 24.9 Å². The number of benzene rings is 1. The summed E-state index contributed by atoms with van der Waals surface area (Å²) in [6.07, 6.45) is 0.800. The lowest BCUT2D eigenvalue weighted by molar-refractivity contribution is -0.141. The highest BCUT2D eigenvalue weighted by molar-refractivity contribution is 9.10. The first-order valence-electron chi connectivity index (χ1n) is 6.96. The van der Waals surface area contributed by atoms with Crippen molar-refractivity contribution in [1.82, 2.24) is 9.55 Å². The molecule has 1 aromatic heterocycles. The topological polar surface area (TPSA) is 81.2 Å². The van der Waals surface area contributed by atoms with Gasteiger partial charge in [0.15, 0.2) is 0 Å². The zero-order valence-corrected chi connectivity index (χ0v) is 13.8. The molecule has 0 unspecified atom stereocenters. The van der Waals surface area contributed by atoms with Gasteiger partial charge in [0.25, 0.3) is 0 Å². The number of halogens is 1. The Kier molecular flexibility index (Phi) is 3.68. The SMILES string of the molecule is COC(=O)C[C@H]1[C@@H](C)Cc2cc(Br)cc3[nH]c(=O)c(=O)n1c23. The summed E-state index contributed by atoms with van der Waals surface area (Å²) in [5, 5.41) is 0. The lowest BCUT2D eigenvalue weighted by Gasteiger charge is -2.32. The van der Waals surface area contributed by atoms with Crippen molar-refractivity contribution >= 4 is 32.9 Å². The fourth-order valence-corrected chi connectivity index (χ4v) is 3.68. The maximum atomic E-state index is 12.4. The van der Waals surface area contributed by atoms with Crippen LogP contribution in [0.15, 0.2) is 26.2 Å². The van der Waals surface area contributed by atoms with Crippen LogP contribution in [-0.2, 0) is 16.0 Å². The van der Waals surface area contributed by atoms with E-state index >= 15 is 0 Å². The molecule has 0 bridgehead atoms. The van der Waals surface area contributed by atoms with Gasteiger partial charge in [-0.2, -0.15) is 0 Å². The molecule has 22 heavy (non-hydrogen) atoms. The minimum Gasteiger partial charge on any atom is -0.469 e. The third kappa shape index (κ3) is 2.29. The van der Waals surface area contributed by atoms with Gasteiger partial charge in [-0.1, -0.05) is 22.9 Å². The molecule has 0 spiro atoms. The monoisotopic (exact) mass is 366 g/mol. The Bertz CT molecular complexity index is 883. The van der Waals surface area contributed by atoms with Gasteiger partial charge in [-0.25, -0.2) is 0 Å². The second-order valence-corrected chi connectivity index (χ2v) is 6.54. The van der Waals surface area contributed by atoms with Gasteiger partial charge in [0, 0.05) is 4.47 Å². The molecule has 1 aromatic carbocycles. The zero-order chi connectivity index (χ0) is 16.0. The third-order valence-corrected chi connectivity index (χ3v) is 4.65. The number of hydrogen-bond donors (Lipinski definition) is 1. The first-order chi connectivity index (χ1) is 10.4. The van der Waals surface area contributed by atoms with Crippen molar-refractivity contribution in [2.75, 3.05) is 7.11 Å². The molecule has 1 N–H and O–H groups in total. The van der Waals surface area contributed by atoms with Gasteiger partial charge in [-0.15, -0.1) is 0 Å². The van der Waals surface area contributed by atoms with Gasteiger partial charge in [0.1, 0.15) is 0 Å². The van der Waals surface area contributed by atoms with E-state index in [1.807, 2.05) is 13.0 Å².